The summed E-state index contributed by atoms with van der Waals surface area (Å²) in [5.41, 5.74) is 0.855. The van der Waals surface area contributed by atoms with Crippen molar-refractivity contribution in [1.29, 1.82) is 0 Å². The first-order valence-electron chi connectivity index (χ1n) is 9.81. The number of likely N-dealkylation sites (tertiary alicyclic amines) is 1. The van der Waals surface area contributed by atoms with Gasteiger partial charge in [-0.25, -0.2) is 8.42 Å². The van der Waals surface area contributed by atoms with E-state index in [1.165, 1.54) is 33.9 Å². The summed E-state index contributed by atoms with van der Waals surface area (Å²) in [6, 6.07) is 9.92. The molecule has 0 aromatic heterocycles. The molecule has 1 amide bonds. The maximum absolute atomic E-state index is 12.6. The Balaban J connectivity index is 1.51. The minimum atomic E-state index is -3.46. The van der Waals surface area contributed by atoms with Crippen LogP contribution in [0.15, 0.2) is 35.7 Å². The normalized spacial score (nSPS) is 25.0. The molecule has 7 heteroatoms. The van der Waals surface area contributed by atoms with Crippen molar-refractivity contribution in [3.8, 4) is 0 Å². The molecule has 27 heavy (non-hydrogen) atoms. The second-order valence-electron chi connectivity index (χ2n) is 7.52. The summed E-state index contributed by atoms with van der Waals surface area (Å²) in [5, 5.41) is 1.26. The fourth-order valence-corrected chi connectivity index (χ4v) is 5.00. The van der Waals surface area contributed by atoms with Gasteiger partial charge in [0.1, 0.15) is 0 Å². The number of benzene rings is 1. The highest BCUT2D eigenvalue weighted by Gasteiger charge is 2.30. The molecule has 0 spiro atoms. The number of sulfonamides is 1. The molecule has 0 radical (unpaired) electrons. The lowest BCUT2D eigenvalue weighted by Gasteiger charge is -2.35. The molecular weight excluding hydrogens is 362 g/mol. The number of hydrogen-bond donors (Lipinski definition) is 1. The van der Waals surface area contributed by atoms with Gasteiger partial charge in [0.05, 0.1) is 12.6 Å². The van der Waals surface area contributed by atoms with Gasteiger partial charge in [-0.2, -0.15) is 4.31 Å². The number of carbonyl (C=O) groups is 1. The van der Waals surface area contributed by atoms with Crippen LogP contribution in [-0.2, 0) is 14.8 Å². The van der Waals surface area contributed by atoms with Crippen molar-refractivity contribution < 1.29 is 18.1 Å². The molecule has 2 atom stereocenters. The zero-order valence-corrected chi connectivity index (χ0v) is 16.8. The Labute approximate surface area is 162 Å². The van der Waals surface area contributed by atoms with Gasteiger partial charge in [0.15, 0.2) is 6.54 Å². The number of nitrogens with one attached hydrogen (secondary N) is 1. The first kappa shape index (κ1) is 20.0. The summed E-state index contributed by atoms with van der Waals surface area (Å²) in [7, 11) is -3.46. The number of piperidine rings is 1. The molecule has 1 aromatic carbocycles. The van der Waals surface area contributed by atoms with E-state index in [0.29, 0.717) is 38.8 Å². The third-order valence-electron chi connectivity index (χ3n) is 5.64. The van der Waals surface area contributed by atoms with Crippen LogP contribution in [-0.4, -0.2) is 68.8 Å². The molecule has 6 nitrogen and oxygen atoms in total. The van der Waals surface area contributed by atoms with Gasteiger partial charge in [0.25, 0.3) is 5.91 Å². The number of amides is 1. The van der Waals surface area contributed by atoms with Crippen LogP contribution in [0.1, 0.15) is 31.7 Å². The minimum Gasteiger partial charge on any atom is -0.335 e. The van der Waals surface area contributed by atoms with Gasteiger partial charge in [-0.15, -0.1) is 0 Å². The Morgan fingerprint density at radius 3 is 2.52 bits per heavy atom. The van der Waals surface area contributed by atoms with Gasteiger partial charge >= 0.3 is 0 Å². The van der Waals surface area contributed by atoms with Crippen molar-refractivity contribution in [1.82, 2.24) is 9.21 Å². The van der Waals surface area contributed by atoms with Crippen LogP contribution < -0.4 is 4.90 Å². The van der Waals surface area contributed by atoms with Crippen LogP contribution in [0.5, 0.6) is 0 Å². The molecule has 148 valence electrons. The zero-order valence-electron chi connectivity index (χ0n) is 16.0. The van der Waals surface area contributed by atoms with Gasteiger partial charge in [-0.1, -0.05) is 30.3 Å². The Kier molecular flexibility index (Phi) is 6.68. The van der Waals surface area contributed by atoms with Gasteiger partial charge in [0.2, 0.25) is 10.0 Å². The maximum Gasteiger partial charge on any atom is 0.277 e. The van der Waals surface area contributed by atoms with Gasteiger partial charge in [-0.3, -0.25) is 4.79 Å². The van der Waals surface area contributed by atoms with E-state index in [1.807, 2.05) is 35.2 Å². The van der Waals surface area contributed by atoms with Crippen LogP contribution in [0.2, 0.25) is 0 Å². The summed E-state index contributed by atoms with van der Waals surface area (Å²) in [6.45, 7) is 5.46. The van der Waals surface area contributed by atoms with Crippen molar-refractivity contribution in [2.24, 2.45) is 0 Å². The van der Waals surface area contributed by atoms with E-state index in [2.05, 4.69) is 6.92 Å². The third kappa shape index (κ3) is 5.40. The molecule has 1 N–H and O–H groups in total. The Morgan fingerprint density at radius 2 is 1.85 bits per heavy atom. The van der Waals surface area contributed by atoms with Gasteiger partial charge in [0, 0.05) is 31.6 Å². The fraction of sp³-hybridized carbons (Fsp3) is 0.550. The number of hydrogen-bond acceptors (Lipinski definition) is 3. The quantitative estimate of drug-likeness (QED) is 0.798. The second-order valence-corrected chi connectivity index (χ2v) is 9.34. The molecule has 1 aromatic rings. The number of rotatable bonds is 5. The SMILES string of the molecule is C[C@H]1CCCC[NH+]1CC(=O)N1CCN(S(=O)(=O)/C=C/c2ccccc2)CC1. The lowest BCUT2D eigenvalue weighted by Crippen LogP contribution is -3.17. The van der Waals surface area contributed by atoms with E-state index in [9.17, 15) is 13.2 Å². The van der Waals surface area contributed by atoms with Crippen molar-refractivity contribution in [3.05, 3.63) is 41.3 Å². The lowest BCUT2D eigenvalue weighted by molar-refractivity contribution is -0.921. The molecule has 0 aliphatic carbocycles. The second kappa shape index (κ2) is 8.99. The standard InChI is InChI=1S/C20H29N3O3S/c1-18-7-5-6-11-22(18)17-20(24)21-12-14-23(15-13-21)27(25,26)16-10-19-8-3-2-4-9-19/h2-4,8-10,16,18H,5-7,11-15,17H2,1H3/p+1/b16-10+/t18-/m0/s1. The van der Waals surface area contributed by atoms with E-state index < -0.39 is 10.0 Å². The summed E-state index contributed by atoms with van der Waals surface area (Å²) in [6.07, 6.45) is 5.25. The average molecular weight is 393 g/mol. The molecule has 2 aliphatic rings. The Morgan fingerprint density at radius 1 is 1.15 bits per heavy atom. The van der Waals surface area contributed by atoms with Crippen LogP contribution >= 0.6 is 0 Å². The summed E-state index contributed by atoms with van der Waals surface area (Å²) in [4.78, 5) is 15.8. The third-order valence-corrected chi connectivity index (χ3v) is 7.21. The predicted octanol–water partition coefficient (Wildman–Crippen LogP) is 0.589. The van der Waals surface area contributed by atoms with Crippen LogP contribution in [0.25, 0.3) is 6.08 Å². The molecule has 1 unspecified atom stereocenters. The fourth-order valence-electron chi connectivity index (χ4n) is 3.83. The molecule has 2 fully saturated rings. The molecule has 3 rings (SSSR count). The molecule has 0 bridgehead atoms. The molecule has 2 saturated heterocycles. The van der Waals surface area contributed by atoms with E-state index in [1.54, 1.807) is 6.08 Å². The highest BCUT2D eigenvalue weighted by Crippen LogP contribution is 2.12. The minimum absolute atomic E-state index is 0.149. The van der Waals surface area contributed by atoms with E-state index in [0.717, 1.165) is 12.1 Å². The summed E-state index contributed by atoms with van der Waals surface area (Å²) >= 11 is 0. The van der Waals surface area contributed by atoms with E-state index >= 15 is 0 Å². The average Bonchev–Trinajstić information content (AvgIpc) is 2.69. The molecule has 0 saturated carbocycles. The number of piperazine rings is 1. The number of quaternary nitrogens is 1. The highest BCUT2D eigenvalue weighted by molar-refractivity contribution is 7.92. The van der Waals surface area contributed by atoms with Gasteiger partial charge < -0.3 is 9.80 Å². The number of nitrogens with zero attached hydrogens (tertiary/aromatic N) is 2. The molecule has 2 heterocycles. The van der Waals surface area contributed by atoms with Crippen LogP contribution in [0, 0.1) is 0 Å². The first-order valence-corrected chi connectivity index (χ1v) is 11.3. The van der Waals surface area contributed by atoms with Crippen molar-refractivity contribution >= 4 is 22.0 Å². The van der Waals surface area contributed by atoms with Crippen molar-refractivity contribution in [2.45, 2.75) is 32.2 Å². The van der Waals surface area contributed by atoms with Crippen molar-refractivity contribution in [3.63, 3.8) is 0 Å². The maximum atomic E-state index is 12.6. The molecule has 2 aliphatic heterocycles. The van der Waals surface area contributed by atoms with Crippen LogP contribution in [0.3, 0.4) is 0 Å². The predicted molar refractivity (Wildman–Crippen MR) is 107 cm³/mol. The number of carbonyl (C=O) groups excluding carboxylic acids is 1. The van der Waals surface area contributed by atoms with Crippen molar-refractivity contribution in [2.75, 3.05) is 39.3 Å². The lowest BCUT2D eigenvalue weighted by atomic mass is 10.0. The Hall–Kier alpha value is -1.70. The Bertz CT molecular complexity index is 756. The van der Waals surface area contributed by atoms with Gasteiger partial charge in [-0.05, 0) is 37.8 Å². The largest absolute Gasteiger partial charge is 0.335 e. The highest BCUT2D eigenvalue weighted by atomic mass is 32.2. The molecular formula is C20H30N3O3S+. The monoisotopic (exact) mass is 392 g/mol. The summed E-state index contributed by atoms with van der Waals surface area (Å²) in [5.74, 6) is 0.149. The smallest absolute Gasteiger partial charge is 0.277 e. The first-order chi connectivity index (χ1) is 13.0. The van der Waals surface area contributed by atoms with E-state index in [-0.39, 0.29) is 5.91 Å². The zero-order chi connectivity index (χ0) is 19.3. The summed E-state index contributed by atoms with van der Waals surface area (Å²) < 4.78 is 26.5. The van der Waals surface area contributed by atoms with Crippen LogP contribution in [0.4, 0.5) is 0 Å². The topological polar surface area (TPSA) is 62.1 Å². The van der Waals surface area contributed by atoms with E-state index in [4.69, 9.17) is 0 Å².